The van der Waals surface area contributed by atoms with E-state index >= 15 is 0 Å². The molecule has 1 atom stereocenters. The molecule has 0 bridgehead atoms. The van der Waals surface area contributed by atoms with Crippen LogP contribution in [0.1, 0.15) is 25.3 Å². The number of carbonyl (C=O) groups excluding carboxylic acids is 2. The minimum absolute atomic E-state index is 0.0232. The molecule has 1 N–H and O–H groups in total. The first-order chi connectivity index (χ1) is 16.0. The van der Waals surface area contributed by atoms with E-state index in [0.717, 1.165) is 16.1 Å². The van der Waals surface area contributed by atoms with Crippen molar-refractivity contribution in [1.29, 1.82) is 0 Å². The second kappa shape index (κ2) is 12.3. The Labute approximate surface area is 210 Å². The molecule has 0 unspecified atom stereocenters. The van der Waals surface area contributed by atoms with Gasteiger partial charge in [0.1, 0.15) is 11.8 Å². The minimum Gasteiger partial charge on any atom is -0.497 e. The second-order valence-electron chi connectivity index (χ2n) is 7.69. The van der Waals surface area contributed by atoms with Gasteiger partial charge in [0.25, 0.3) is 0 Å². The number of nitrogens with one attached hydrogen (secondary N) is 1. The Balaban J connectivity index is 2.17. The average molecular weight is 530 g/mol. The lowest BCUT2D eigenvalue weighted by atomic mass is 10.1. The van der Waals surface area contributed by atoms with Crippen LogP contribution in [0.2, 0.25) is 10.0 Å². The van der Waals surface area contributed by atoms with Crippen molar-refractivity contribution in [1.82, 2.24) is 10.2 Å². The maximum atomic E-state index is 13.1. The van der Waals surface area contributed by atoms with Crippen molar-refractivity contribution in [3.63, 3.8) is 0 Å². The van der Waals surface area contributed by atoms with Crippen molar-refractivity contribution >= 4 is 50.7 Å². The monoisotopic (exact) mass is 529 g/mol. The number of nitrogens with zero attached hydrogens (tertiary/aromatic N) is 2. The summed E-state index contributed by atoms with van der Waals surface area (Å²) in [5, 5.41) is 3.14. The summed E-state index contributed by atoms with van der Waals surface area (Å²) < 4.78 is 31.1. The molecule has 11 heteroatoms. The lowest BCUT2D eigenvalue weighted by molar-refractivity contribution is -0.140. The molecule has 0 spiro atoms. The van der Waals surface area contributed by atoms with Crippen molar-refractivity contribution in [2.75, 3.05) is 31.3 Å². The Bertz CT molecular complexity index is 1110. The maximum absolute atomic E-state index is 13.1. The highest BCUT2D eigenvalue weighted by atomic mass is 35.5. The van der Waals surface area contributed by atoms with Crippen LogP contribution in [0.3, 0.4) is 0 Å². The predicted octanol–water partition coefficient (Wildman–Crippen LogP) is 3.71. The van der Waals surface area contributed by atoms with Gasteiger partial charge in [0.15, 0.2) is 0 Å². The maximum Gasteiger partial charge on any atom is 0.242 e. The number of halogens is 2. The van der Waals surface area contributed by atoms with E-state index in [-0.39, 0.29) is 48.5 Å². The number of likely N-dealkylation sites (N-methyl/N-ethyl adjacent to an activating group) is 1. The van der Waals surface area contributed by atoms with Gasteiger partial charge in [0, 0.05) is 31.6 Å². The minimum atomic E-state index is -3.67. The highest BCUT2D eigenvalue weighted by Gasteiger charge is 2.26. The number of sulfonamides is 1. The van der Waals surface area contributed by atoms with Gasteiger partial charge in [-0.05, 0) is 49.2 Å². The SMILES string of the molecule is CNC(=O)[C@H](C)N(Cc1ccc(OC)cc1)C(=O)CCCN(c1cc(Cl)ccc1Cl)S(C)(=O)=O. The van der Waals surface area contributed by atoms with Gasteiger partial charge in [-0.25, -0.2) is 8.42 Å². The number of carbonyl (C=O) groups is 2. The summed E-state index contributed by atoms with van der Waals surface area (Å²) >= 11 is 12.2. The van der Waals surface area contributed by atoms with E-state index in [2.05, 4.69) is 5.32 Å². The van der Waals surface area contributed by atoms with Crippen LogP contribution < -0.4 is 14.4 Å². The zero-order valence-corrected chi connectivity index (χ0v) is 21.9. The van der Waals surface area contributed by atoms with Crippen LogP contribution in [0.4, 0.5) is 5.69 Å². The van der Waals surface area contributed by atoms with Gasteiger partial charge < -0.3 is 15.0 Å². The Morgan fingerprint density at radius 2 is 1.76 bits per heavy atom. The molecule has 0 fully saturated rings. The molecule has 34 heavy (non-hydrogen) atoms. The molecule has 2 rings (SSSR count). The largest absolute Gasteiger partial charge is 0.497 e. The number of benzene rings is 2. The van der Waals surface area contributed by atoms with Gasteiger partial charge >= 0.3 is 0 Å². The molecule has 0 aromatic heterocycles. The molecule has 0 aliphatic rings. The molecule has 0 saturated carbocycles. The van der Waals surface area contributed by atoms with Gasteiger partial charge in [-0.15, -0.1) is 0 Å². The first-order valence-corrected chi connectivity index (χ1v) is 13.1. The average Bonchev–Trinajstić information content (AvgIpc) is 2.80. The number of ether oxygens (including phenoxy) is 1. The lowest BCUT2D eigenvalue weighted by Gasteiger charge is -2.29. The third-order valence-corrected chi connectivity index (χ3v) is 6.99. The molecule has 2 aromatic carbocycles. The van der Waals surface area contributed by atoms with Crippen LogP contribution in [0.25, 0.3) is 0 Å². The van der Waals surface area contributed by atoms with Crippen LogP contribution in [-0.4, -0.2) is 58.1 Å². The van der Waals surface area contributed by atoms with Crippen LogP contribution in [0.5, 0.6) is 5.75 Å². The Morgan fingerprint density at radius 3 is 2.32 bits per heavy atom. The van der Waals surface area contributed by atoms with Gasteiger partial charge in [-0.3, -0.25) is 13.9 Å². The first kappa shape index (κ1) is 27.8. The molecule has 0 saturated heterocycles. The quantitative estimate of drug-likeness (QED) is 0.478. The number of hydrogen-bond acceptors (Lipinski definition) is 5. The van der Waals surface area contributed by atoms with E-state index in [1.807, 2.05) is 12.1 Å². The summed E-state index contributed by atoms with van der Waals surface area (Å²) in [6.45, 7) is 1.89. The first-order valence-electron chi connectivity index (χ1n) is 10.5. The molecule has 0 heterocycles. The number of methoxy groups -OCH3 is 1. The predicted molar refractivity (Wildman–Crippen MR) is 135 cm³/mol. The summed E-state index contributed by atoms with van der Waals surface area (Å²) in [5.41, 5.74) is 1.08. The second-order valence-corrected chi connectivity index (χ2v) is 10.4. The highest BCUT2D eigenvalue weighted by molar-refractivity contribution is 7.92. The van der Waals surface area contributed by atoms with Crippen LogP contribution >= 0.6 is 23.2 Å². The fraction of sp³-hybridized carbons (Fsp3) is 0.391. The number of amides is 2. The van der Waals surface area contributed by atoms with E-state index in [1.165, 1.54) is 24.1 Å². The number of hydrogen-bond donors (Lipinski definition) is 1. The van der Waals surface area contributed by atoms with Crippen molar-refractivity contribution in [3.05, 3.63) is 58.1 Å². The molecule has 2 amide bonds. The van der Waals surface area contributed by atoms with Crippen molar-refractivity contribution < 1.29 is 22.7 Å². The van der Waals surface area contributed by atoms with Gasteiger partial charge in [-0.2, -0.15) is 0 Å². The third-order valence-electron chi connectivity index (χ3n) is 5.25. The molecular weight excluding hydrogens is 501 g/mol. The molecule has 0 aliphatic heterocycles. The van der Waals surface area contributed by atoms with Gasteiger partial charge in [0.2, 0.25) is 21.8 Å². The van der Waals surface area contributed by atoms with E-state index < -0.39 is 16.1 Å². The summed E-state index contributed by atoms with van der Waals surface area (Å²) in [6, 6.07) is 11.0. The summed E-state index contributed by atoms with van der Waals surface area (Å²) in [5.74, 6) is 0.101. The van der Waals surface area contributed by atoms with Gasteiger partial charge in [-0.1, -0.05) is 35.3 Å². The topological polar surface area (TPSA) is 96.0 Å². The number of rotatable bonds is 11. The molecular formula is C23H29Cl2N3O5S. The van der Waals surface area contributed by atoms with E-state index in [4.69, 9.17) is 27.9 Å². The Kier molecular flexibility index (Phi) is 10.0. The fourth-order valence-electron chi connectivity index (χ4n) is 3.38. The Morgan fingerprint density at radius 1 is 1.12 bits per heavy atom. The zero-order chi connectivity index (χ0) is 25.5. The fourth-order valence-corrected chi connectivity index (χ4v) is 4.78. The normalized spacial score (nSPS) is 12.1. The summed E-state index contributed by atoms with van der Waals surface area (Å²) in [6.07, 6.45) is 1.31. The molecule has 8 nitrogen and oxygen atoms in total. The van der Waals surface area contributed by atoms with Gasteiger partial charge in [0.05, 0.1) is 24.1 Å². The van der Waals surface area contributed by atoms with Crippen LogP contribution in [0.15, 0.2) is 42.5 Å². The smallest absolute Gasteiger partial charge is 0.242 e. The van der Waals surface area contributed by atoms with Crippen molar-refractivity contribution in [2.45, 2.75) is 32.4 Å². The van der Waals surface area contributed by atoms with Crippen LogP contribution in [-0.2, 0) is 26.2 Å². The third kappa shape index (κ3) is 7.51. The van der Waals surface area contributed by atoms with Crippen LogP contribution in [0, 0.1) is 0 Å². The summed E-state index contributed by atoms with van der Waals surface area (Å²) in [7, 11) is -0.603. The zero-order valence-electron chi connectivity index (χ0n) is 19.5. The molecule has 186 valence electrons. The highest BCUT2D eigenvalue weighted by Crippen LogP contribution is 2.31. The Hall–Kier alpha value is -2.49. The standard InChI is InChI=1S/C23H29Cl2N3O5S/c1-16(23(30)26-2)27(15-17-7-10-19(33-3)11-8-17)22(29)6-5-13-28(34(4,31)32)21-14-18(24)9-12-20(21)25/h7-12,14,16H,5-6,13,15H2,1-4H3,(H,26,30)/t16-/m0/s1. The number of anilines is 1. The summed E-state index contributed by atoms with van der Waals surface area (Å²) in [4.78, 5) is 26.9. The van der Waals surface area contributed by atoms with E-state index in [9.17, 15) is 18.0 Å². The molecule has 0 radical (unpaired) electrons. The van der Waals surface area contributed by atoms with E-state index in [0.29, 0.717) is 10.8 Å². The molecule has 0 aliphatic carbocycles. The van der Waals surface area contributed by atoms with Crippen molar-refractivity contribution in [3.8, 4) is 5.75 Å². The molecule has 2 aromatic rings. The van der Waals surface area contributed by atoms with E-state index in [1.54, 1.807) is 32.2 Å². The lowest BCUT2D eigenvalue weighted by Crippen LogP contribution is -2.46. The van der Waals surface area contributed by atoms with Crippen molar-refractivity contribution in [2.24, 2.45) is 0 Å².